The summed E-state index contributed by atoms with van der Waals surface area (Å²) in [5.74, 6) is -7.77. The van der Waals surface area contributed by atoms with E-state index in [-0.39, 0.29) is 0 Å². The molecule has 1 rings (SSSR count). The van der Waals surface area contributed by atoms with Gasteiger partial charge in [-0.15, -0.1) is 0 Å². The highest BCUT2D eigenvalue weighted by Gasteiger charge is 2.41. The van der Waals surface area contributed by atoms with Gasteiger partial charge in [-0.3, -0.25) is 0 Å². The Morgan fingerprint density at radius 2 is 2.00 bits per heavy atom. The number of hydrogen-bond acceptors (Lipinski definition) is 2. The Morgan fingerprint density at radius 1 is 1.39 bits per heavy atom. The smallest absolute Gasteiger partial charge is 0.340 e. The van der Waals surface area contributed by atoms with Gasteiger partial charge in [0.1, 0.15) is 0 Å². The van der Waals surface area contributed by atoms with Crippen LogP contribution in [0.3, 0.4) is 0 Å². The Kier molecular flexibility index (Phi) is 4.10. The molecular weight excluding hydrogens is 263 g/mol. The summed E-state index contributed by atoms with van der Waals surface area (Å²) >= 11 is 0. The van der Waals surface area contributed by atoms with Crippen molar-refractivity contribution in [1.29, 1.82) is 0 Å². The van der Waals surface area contributed by atoms with E-state index in [0.717, 1.165) is 12.1 Å². The summed E-state index contributed by atoms with van der Waals surface area (Å²) in [7, 11) is 0. The third-order valence-electron chi connectivity index (χ3n) is 1.92. The molecule has 0 bridgehead atoms. The lowest BCUT2D eigenvalue weighted by Gasteiger charge is -2.16. The van der Waals surface area contributed by atoms with Crippen LogP contribution in [0.2, 0.25) is 0 Å². The molecule has 1 N–H and O–H groups in total. The minimum atomic E-state index is -4.40. The Bertz CT molecular complexity index is 447. The number of alkyl halides is 4. The molecule has 0 aliphatic rings. The standard InChI is InChI=1S/C10H7F5O3/c11-6-3-5(8(16)17)1-2-7(6)18-4-10(14,15)9(12)13/h1-3,9H,4H2,(H,16,17). The van der Waals surface area contributed by atoms with E-state index in [2.05, 4.69) is 4.74 Å². The first-order chi connectivity index (χ1) is 8.24. The van der Waals surface area contributed by atoms with Gasteiger partial charge in [0.05, 0.1) is 5.56 Å². The normalized spacial score (nSPS) is 11.7. The summed E-state index contributed by atoms with van der Waals surface area (Å²) in [4.78, 5) is 10.4. The lowest BCUT2D eigenvalue weighted by atomic mass is 10.2. The molecule has 0 radical (unpaired) electrons. The van der Waals surface area contributed by atoms with E-state index in [4.69, 9.17) is 5.11 Å². The average molecular weight is 270 g/mol. The highest BCUT2D eigenvalue weighted by molar-refractivity contribution is 5.87. The van der Waals surface area contributed by atoms with Crippen LogP contribution in [0.4, 0.5) is 22.0 Å². The summed E-state index contributed by atoms with van der Waals surface area (Å²) in [6.07, 6.45) is -3.93. The number of ether oxygens (including phenoxy) is 1. The van der Waals surface area contributed by atoms with Crippen LogP contribution < -0.4 is 4.74 Å². The van der Waals surface area contributed by atoms with Crippen molar-refractivity contribution in [3.8, 4) is 5.75 Å². The molecule has 0 amide bonds. The van der Waals surface area contributed by atoms with Crippen LogP contribution in [0, 0.1) is 5.82 Å². The van der Waals surface area contributed by atoms with Gasteiger partial charge in [-0.1, -0.05) is 0 Å². The number of benzene rings is 1. The molecule has 0 aliphatic carbocycles. The van der Waals surface area contributed by atoms with Crippen molar-refractivity contribution < 1.29 is 36.6 Å². The van der Waals surface area contributed by atoms with Crippen molar-refractivity contribution in [2.75, 3.05) is 6.61 Å². The first-order valence-electron chi connectivity index (χ1n) is 4.55. The van der Waals surface area contributed by atoms with Gasteiger partial charge >= 0.3 is 18.3 Å². The maximum Gasteiger partial charge on any atom is 0.340 e. The second-order valence-corrected chi connectivity index (χ2v) is 3.30. The fourth-order valence-electron chi connectivity index (χ4n) is 0.988. The molecule has 0 unspecified atom stereocenters. The largest absolute Gasteiger partial charge is 0.484 e. The molecule has 1 aromatic carbocycles. The van der Waals surface area contributed by atoms with Crippen LogP contribution >= 0.6 is 0 Å². The number of halogens is 5. The van der Waals surface area contributed by atoms with Crippen molar-refractivity contribution >= 4 is 5.97 Å². The van der Waals surface area contributed by atoms with E-state index in [0.29, 0.717) is 6.07 Å². The lowest BCUT2D eigenvalue weighted by molar-refractivity contribution is -0.148. The SMILES string of the molecule is O=C(O)c1ccc(OCC(F)(F)C(F)F)c(F)c1. The molecule has 0 aliphatic heterocycles. The van der Waals surface area contributed by atoms with E-state index in [1.165, 1.54) is 0 Å². The highest BCUT2D eigenvalue weighted by atomic mass is 19.3. The van der Waals surface area contributed by atoms with Gasteiger partial charge in [0.15, 0.2) is 18.2 Å². The van der Waals surface area contributed by atoms with E-state index in [1.807, 2.05) is 0 Å². The first kappa shape index (κ1) is 14.2. The van der Waals surface area contributed by atoms with Gasteiger partial charge in [0.25, 0.3) is 0 Å². The number of hydrogen-bond donors (Lipinski definition) is 1. The molecular formula is C10H7F5O3. The Balaban J connectivity index is 2.78. The quantitative estimate of drug-likeness (QED) is 0.837. The molecule has 1 aromatic rings. The van der Waals surface area contributed by atoms with E-state index < -0.39 is 42.1 Å². The minimum absolute atomic E-state index is 0.416. The van der Waals surface area contributed by atoms with Crippen molar-refractivity contribution in [1.82, 2.24) is 0 Å². The summed E-state index contributed by atoms with van der Waals surface area (Å²) in [5.41, 5.74) is -0.416. The molecule has 0 spiro atoms. The number of carbonyl (C=O) groups is 1. The molecule has 0 fully saturated rings. The van der Waals surface area contributed by atoms with Crippen molar-refractivity contribution in [2.45, 2.75) is 12.3 Å². The van der Waals surface area contributed by atoms with Crippen LogP contribution in [-0.4, -0.2) is 30.0 Å². The molecule has 0 saturated carbocycles. The fraction of sp³-hybridized carbons (Fsp3) is 0.300. The maximum absolute atomic E-state index is 13.2. The number of carboxylic acid groups (broad SMARTS) is 1. The zero-order valence-electron chi connectivity index (χ0n) is 8.67. The van der Waals surface area contributed by atoms with Crippen molar-refractivity contribution in [2.24, 2.45) is 0 Å². The van der Waals surface area contributed by atoms with Gasteiger partial charge in [0.2, 0.25) is 0 Å². The summed E-state index contributed by atoms with van der Waals surface area (Å²) < 4.78 is 65.9. The zero-order chi connectivity index (χ0) is 13.9. The highest BCUT2D eigenvalue weighted by Crippen LogP contribution is 2.25. The van der Waals surface area contributed by atoms with Gasteiger partial charge in [-0.25, -0.2) is 18.0 Å². The number of rotatable bonds is 5. The lowest BCUT2D eigenvalue weighted by Crippen LogP contribution is -2.33. The van der Waals surface area contributed by atoms with Gasteiger partial charge < -0.3 is 9.84 Å². The molecule has 0 atom stereocenters. The van der Waals surface area contributed by atoms with E-state index >= 15 is 0 Å². The van der Waals surface area contributed by atoms with Gasteiger partial charge in [0, 0.05) is 0 Å². The summed E-state index contributed by atoms with van der Waals surface area (Å²) in [5, 5.41) is 8.51. The molecule has 18 heavy (non-hydrogen) atoms. The molecule has 0 saturated heterocycles. The topological polar surface area (TPSA) is 46.5 Å². The van der Waals surface area contributed by atoms with Gasteiger partial charge in [-0.2, -0.15) is 8.78 Å². The average Bonchev–Trinajstić information content (AvgIpc) is 2.26. The van der Waals surface area contributed by atoms with Crippen LogP contribution in [0.5, 0.6) is 5.75 Å². The monoisotopic (exact) mass is 270 g/mol. The number of aromatic carboxylic acids is 1. The van der Waals surface area contributed by atoms with Crippen LogP contribution in [0.15, 0.2) is 18.2 Å². The molecule has 3 nitrogen and oxygen atoms in total. The molecule has 8 heteroatoms. The van der Waals surface area contributed by atoms with Gasteiger partial charge in [-0.05, 0) is 18.2 Å². The maximum atomic E-state index is 13.2. The summed E-state index contributed by atoms with van der Waals surface area (Å²) in [6.45, 7) is -1.70. The molecule has 0 aromatic heterocycles. The Morgan fingerprint density at radius 3 is 2.44 bits per heavy atom. The van der Waals surface area contributed by atoms with Crippen molar-refractivity contribution in [3.63, 3.8) is 0 Å². The molecule has 0 heterocycles. The predicted molar refractivity (Wildman–Crippen MR) is 49.8 cm³/mol. The molecule has 100 valence electrons. The first-order valence-corrected chi connectivity index (χ1v) is 4.55. The predicted octanol–water partition coefficient (Wildman–Crippen LogP) is 2.80. The van der Waals surface area contributed by atoms with Crippen LogP contribution in [0.1, 0.15) is 10.4 Å². The Labute approximate surface area is 97.8 Å². The fourth-order valence-corrected chi connectivity index (χ4v) is 0.988. The van der Waals surface area contributed by atoms with Crippen LogP contribution in [0.25, 0.3) is 0 Å². The number of carboxylic acids is 1. The van der Waals surface area contributed by atoms with Crippen molar-refractivity contribution in [3.05, 3.63) is 29.6 Å². The third kappa shape index (κ3) is 3.31. The van der Waals surface area contributed by atoms with E-state index in [1.54, 1.807) is 0 Å². The van der Waals surface area contributed by atoms with Crippen LogP contribution in [-0.2, 0) is 0 Å². The zero-order valence-corrected chi connectivity index (χ0v) is 8.67. The third-order valence-corrected chi connectivity index (χ3v) is 1.92. The summed E-state index contributed by atoms with van der Waals surface area (Å²) in [6, 6.07) is 2.22. The second-order valence-electron chi connectivity index (χ2n) is 3.30. The minimum Gasteiger partial charge on any atom is -0.484 e. The second kappa shape index (κ2) is 5.19. The van der Waals surface area contributed by atoms with E-state index in [9.17, 15) is 26.7 Å². The Hall–Kier alpha value is -1.86.